The number of nitriles is 1. The first kappa shape index (κ1) is 14.3. The van der Waals surface area contributed by atoms with Crippen molar-refractivity contribution in [1.82, 2.24) is 0 Å². The molecule has 0 amide bonds. The quantitative estimate of drug-likeness (QED) is 0.856. The fourth-order valence-electron chi connectivity index (χ4n) is 1.68. The van der Waals surface area contributed by atoms with Gasteiger partial charge in [0.15, 0.2) is 0 Å². The summed E-state index contributed by atoms with van der Waals surface area (Å²) in [5.41, 5.74) is 7.17. The first-order valence-electron chi connectivity index (χ1n) is 5.97. The molecule has 0 aliphatic heterocycles. The molecule has 0 aliphatic rings. The molecule has 0 saturated heterocycles. The number of methoxy groups -OCH3 is 1. The lowest BCUT2D eigenvalue weighted by atomic mass is 9.86. The van der Waals surface area contributed by atoms with Crippen molar-refractivity contribution in [1.29, 1.82) is 5.26 Å². The summed E-state index contributed by atoms with van der Waals surface area (Å²) >= 11 is 0. The van der Waals surface area contributed by atoms with Crippen molar-refractivity contribution in [3.8, 4) is 11.8 Å². The van der Waals surface area contributed by atoms with E-state index in [4.69, 9.17) is 15.7 Å². The molecule has 98 valence electrons. The lowest BCUT2D eigenvalue weighted by Crippen LogP contribution is -2.40. The second-order valence-corrected chi connectivity index (χ2v) is 5.32. The average Bonchev–Trinajstić information content (AvgIpc) is 2.34. The molecule has 0 radical (unpaired) electrons. The van der Waals surface area contributed by atoms with Gasteiger partial charge in [-0.2, -0.15) is 5.26 Å². The van der Waals surface area contributed by atoms with E-state index >= 15 is 0 Å². The topological polar surface area (TPSA) is 71.1 Å². The summed E-state index contributed by atoms with van der Waals surface area (Å²) in [6, 6.07) is 7.61. The largest absolute Gasteiger partial charge is 0.497 e. The fourth-order valence-corrected chi connectivity index (χ4v) is 1.68. The van der Waals surface area contributed by atoms with Crippen molar-refractivity contribution in [3.63, 3.8) is 0 Å². The van der Waals surface area contributed by atoms with Crippen LogP contribution in [0.1, 0.15) is 26.3 Å². The summed E-state index contributed by atoms with van der Waals surface area (Å²) in [6.07, 6.45) is 0. The molecule has 1 aromatic rings. The van der Waals surface area contributed by atoms with Gasteiger partial charge in [-0.25, -0.2) is 0 Å². The molecule has 0 aliphatic carbocycles. The molecule has 4 nitrogen and oxygen atoms in total. The molecule has 0 spiro atoms. The minimum atomic E-state index is 0.0184. The number of nitrogens with two attached hydrogens (primary N) is 1. The van der Waals surface area contributed by atoms with Crippen LogP contribution in [-0.4, -0.2) is 19.7 Å². The molecule has 0 bridgehead atoms. The summed E-state index contributed by atoms with van der Waals surface area (Å²) in [5.74, 6) is 0.723. The zero-order valence-corrected chi connectivity index (χ0v) is 11.4. The number of rotatable bonds is 4. The average molecular weight is 247 g/mol. The molecule has 0 saturated carbocycles. The Balaban J connectivity index is 3.05. The van der Waals surface area contributed by atoms with Crippen molar-refractivity contribution >= 4 is 5.69 Å². The third-order valence-corrected chi connectivity index (χ3v) is 2.96. The van der Waals surface area contributed by atoms with Crippen LogP contribution in [0.15, 0.2) is 18.2 Å². The number of ether oxygens (including phenoxy) is 1. The molecule has 18 heavy (non-hydrogen) atoms. The molecular weight excluding hydrogens is 226 g/mol. The number of nitrogens with zero attached hydrogens (tertiary/aromatic N) is 1. The first-order chi connectivity index (χ1) is 8.42. The predicted octanol–water partition coefficient (Wildman–Crippen LogP) is 2.35. The van der Waals surface area contributed by atoms with E-state index in [1.165, 1.54) is 0 Å². The summed E-state index contributed by atoms with van der Waals surface area (Å²) in [4.78, 5) is 0. The maximum atomic E-state index is 9.11. The Hall–Kier alpha value is -1.73. The summed E-state index contributed by atoms with van der Waals surface area (Å²) < 4.78 is 5.17. The van der Waals surface area contributed by atoms with Gasteiger partial charge >= 0.3 is 0 Å². The minimum absolute atomic E-state index is 0.0184. The number of hydrogen-bond acceptors (Lipinski definition) is 4. The Morgan fingerprint density at radius 1 is 1.44 bits per heavy atom. The number of hydrogen-bond donors (Lipinski definition) is 2. The van der Waals surface area contributed by atoms with Crippen LogP contribution in [-0.2, 0) is 0 Å². The van der Waals surface area contributed by atoms with Crippen molar-refractivity contribution < 1.29 is 4.74 Å². The highest BCUT2D eigenvalue weighted by atomic mass is 16.5. The molecule has 1 aromatic carbocycles. The van der Waals surface area contributed by atoms with Crippen molar-refractivity contribution in [2.45, 2.75) is 26.8 Å². The summed E-state index contributed by atoms with van der Waals surface area (Å²) in [5, 5.41) is 12.4. The Morgan fingerprint density at radius 3 is 2.56 bits per heavy atom. The molecule has 3 N–H and O–H groups in total. The van der Waals surface area contributed by atoms with Crippen molar-refractivity contribution in [2.75, 3.05) is 19.0 Å². The van der Waals surface area contributed by atoms with Crippen molar-refractivity contribution in [2.24, 2.45) is 11.1 Å². The van der Waals surface area contributed by atoms with Crippen LogP contribution in [0, 0.1) is 16.7 Å². The van der Waals surface area contributed by atoms with E-state index in [-0.39, 0.29) is 11.5 Å². The second-order valence-electron chi connectivity index (χ2n) is 5.32. The van der Waals surface area contributed by atoms with E-state index in [1.54, 1.807) is 19.2 Å². The van der Waals surface area contributed by atoms with E-state index in [2.05, 4.69) is 32.2 Å². The zero-order valence-electron chi connectivity index (χ0n) is 11.4. The molecule has 1 unspecified atom stereocenters. The zero-order chi connectivity index (χ0) is 13.8. The molecule has 0 heterocycles. The van der Waals surface area contributed by atoms with E-state index in [1.807, 2.05) is 6.07 Å². The summed E-state index contributed by atoms with van der Waals surface area (Å²) in [7, 11) is 1.61. The number of nitrogens with one attached hydrogen (secondary N) is 1. The highest BCUT2D eigenvalue weighted by Gasteiger charge is 2.23. The van der Waals surface area contributed by atoms with Crippen LogP contribution >= 0.6 is 0 Å². The van der Waals surface area contributed by atoms with E-state index in [0.717, 1.165) is 11.4 Å². The van der Waals surface area contributed by atoms with Gasteiger partial charge in [0, 0.05) is 18.7 Å². The monoisotopic (exact) mass is 247 g/mol. The number of anilines is 1. The Morgan fingerprint density at radius 2 is 2.11 bits per heavy atom. The standard InChI is InChI=1S/C14H21N3O/c1-14(2,3)13(9-16)17-12-7-11(18-4)6-5-10(12)8-15/h5-7,13,17H,9,16H2,1-4H3. The first-order valence-corrected chi connectivity index (χ1v) is 5.97. The molecule has 1 rings (SSSR count). The maximum Gasteiger partial charge on any atom is 0.121 e. The third-order valence-electron chi connectivity index (χ3n) is 2.96. The Bertz CT molecular complexity index is 443. The second kappa shape index (κ2) is 5.74. The van der Waals surface area contributed by atoms with Crippen molar-refractivity contribution in [3.05, 3.63) is 23.8 Å². The lowest BCUT2D eigenvalue weighted by Gasteiger charge is -2.31. The van der Waals surface area contributed by atoms with Gasteiger partial charge in [-0.05, 0) is 17.5 Å². The van der Waals surface area contributed by atoms with Crippen LogP contribution in [0.3, 0.4) is 0 Å². The highest BCUT2D eigenvalue weighted by molar-refractivity contribution is 5.61. The van der Waals surface area contributed by atoms with Gasteiger partial charge in [-0.3, -0.25) is 0 Å². The highest BCUT2D eigenvalue weighted by Crippen LogP contribution is 2.27. The van der Waals surface area contributed by atoms with Crippen LogP contribution in [0.2, 0.25) is 0 Å². The molecule has 4 heteroatoms. The fraction of sp³-hybridized carbons (Fsp3) is 0.500. The van der Waals surface area contributed by atoms with Gasteiger partial charge in [-0.1, -0.05) is 20.8 Å². The third kappa shape index (κ3) is 3.38. The van der Waals surface area contributed by atoms with E-state index in [0.29, 0.717) is 12.1 Å². The van der Waals surface area contributed by atoms with Gasteiger partial charge < -0.3 is 15.8 Å². The van der Waals surface area contributed by atoms with E-state index < -0.39 is 0 Å². The van der Waals surface area contributed by atoms with Gasteiger partial charge in [0.25, 0.3) is 0 Å². The normalized spacial score (nSPS) is 12.7. The van der Waals surface area contributed by atoms with Gasteiger partial charge in [0.05, 0.1) is 18.4 Å². The smallest absolute Gasteiger partial charge is 0.121 e. The molecular formula is C14H21N3O. The van der Waals surface area contributed by atoms with Crippen LogP contribution in [0.4, 0.5) is 5.69 Å². The minimum Gasteiger partial charge on any atom is -0.497 e. The van der Waals surface area contributed by atoms with Crippen LogP contribution in [0.25, 0.3) is 0 Å². The molecule has 1 atom stereocenters. The van der Waals surface area contributed by atoms with Gasteiger partial charge in [-0.15, -0.1) is 0 Å². The maximum absolute atomic E-state index is 9.11. The number of benzene rings is 1. The van der Waals surface area contributed by atoms with Crippen LogP contribution in [0.5, 0.6) is 5.75 Å². The summed E-state index contributed by atoms with van der Waals surface area (Å²) in [6.45, 7) is 6.85. The van der Waals surface area contributed by atoms with Crippen LogP contribution < -0.4 is 15.8 Å². The Kier molecular flexibility index (Phi) is 4.57. The van der Waals surface area contributed by atoms with Gasteiger partial charge in [0.2, 0.25) is 0 Å². The van der Waals surface area contributed by atoms with E-state index in [9.17, 15) is 0 Å². The lowest BCUT2D eigenvalue weighted by molar-refractivity contribution is 0.345. The van der Waals surface area contributed by atoms with Gasteiger partial charge in [0.1, 0.15) is 11.8 Å². The molecule has 0 fully saturated rings. The Labute approximate surface area is 109 Å². The molecule has 0 aromatic heterocycles. The predicted molar refractivity (Wildman–Crippen MR) is 73.6 cm³/mol. The SMILES string of the molecule is COc1ccc(C#N)c(NC(CN)C(C)(C)C)c1.